The Hall–Kier alpha value is -1.16. The zero-order valence-corrected chi connectivity index (χ0v) is 17.9. The highest BCUT2D eigenvalue weighted by atomic mass is 35.5. The molecule has 2 unspecified atom stereocenters. The summed E-state index contributed by atoms with van der Waals surface area (Å²) >= 11 is 13.4. The molecule has 160 valence electrons. The molecule has 8 nitrogen and oxygen atoms in total. The number of anilines is 1. The number of likely N-dealkylation sites (tertiary alicyclic amines) is 2. The average Bonchev–Trinajstić information content (AvgIpc) is 3.19. The highest BCUT2D eigenvalue weighted by Gasteiger charge is 2.48. The van der Waals surface area contributed by atoms with Crippen molar-refractivity contribution in [3.8, 4) is 0 Å². The first-order valence-electron chi connectivity index (χ1n) is 10.3. The lowest BCUT2D eigenvalue weighted by molar-refractivity contribution is -0.384. The van der Waals surface area contributed by atoms with Crippen LogP contribution in [0.3, 0.4) is 0 Å². The van der Waals surface area contributed by atoms with Crippen molar-refractivity contribution in [1.82, 2.24) is 15.1 Å². The van der Waals surface area contributed by atoms with Gasteiger partial charge in [0.05, 0.1) is 4.92 Å². The zero-order chi connectivity index (χ0) is 20.6. The Bertz CT molecular complexity index is 765. The van der Waals surface area contributed by atoms with E-state index in [2.05, 4.69) is 20.4 Å². The average molecular weight is 443 g/mol. The number of nitro groups is 1. The first-order valence-corrected chi connectivity index (χ1v) is 11.0. The number of nitrogens with two attached hydrogens (primary N) is 1. The molecule has 2 saturated heterocycles. The van der Waals surface area contributed by atoms with Gasteiger partial charge in [0.1, 0.15) is 0 Å². The Kier molecular flexibility index (Phi) is 5.94. The molecule has 10 heteroatoms. The summed E-state index contributed by atoms with van der Waals surface area (Å²) in [6.45, 7) is 5.31. The van der Waals surface area contributed by atoms with E-state index < -0.39 is 15.3 Å². The predicted octanol–water partition coefficient (Wildman–Crippen LogP) is 2.97. The SMILES string of the molecule is NC1(Cl)NC(Cl)(N2CCC(CCN3CCCC3)CC2)Nc2ccc([N+](=O)[O-])cc21. The Morgan fingerprint density at radius 2 is 1.90 bits per heavy atom. The van der Waals surface area contributed by atoms with Crippen molar-refractivity contribution in [2.24, 2.45) is 11.7 Å². The van der Waals surface area contributed by atoms with Crippen LogP contribution in [0, 0.1) is 16.0 Å². The van der Waals surface area contributed by atoms with Gasteiger partial charge in [-0.15, -0.1) is 0 Å². The highest BCUT2D eigenvalue weighted by Crippen LogP contribution is 2.41. The normalized spacial score (nSPS) is 31.4. The van der Waals surface area contributed by atoms with Crippen molar-refractivity contribution in [2.75, 3.05) is 38.0 Å². The first kappa shape index (κ1) is 21.1. The summed E-state index contributed by atoms with van der Waals surface area (Å²) in [5.41, 5.74) is 7.20. The largest absolute Gasteiger partial charge is 0.341 e. The summed E-state index contributed by atoms with van der Waals surface area (Å²) in [5.74, 6) is 0.698. The van der Waals surface area contributed by atoms with Crippen LogP contribution in [0.1, 0.15) is 37.7 Å². The predicted molar refractivity (Wildman–Crippen MR) is 115 cm³/mol. The van der Waals surface area contributed by atoms with Gasteiger partial charge in [0, 0.05) is 36.5 Å². The molecule has 0 aliphatic carbocycles. The fraction of sp³-hybridized carbons (Fsp3) is 0.684. The van der Waals surface area contributed by atoms with Gasteiger partial charge in [-0.3, -0.25) is 20.7 Å². The maximum atomic E-state index is 11.1. The Morgan fingerprint density at radius 3 is 2.55 bits per heavy atom. The Morgan fingerprint density at radius 1 is 1.21 bits per heavy atom. The summed E-state index contributed by atoms with van der Waals surface area (Å²) < 4.78 is 0. The number of rotatable bonds is 5. The molecule has 0 radical (unpaired) electrons. The van der Waals surface area contributed by atoms with E-state index in [-0.39, 0.29) is 5.69 Å². The fourth-order valence-corrected chi connectivity index (χ4v) is 5.39. The summed E-state index contributed by atoms with van der Waals surface area (Å²) in [6.07, 6.45) is 6.02. The minimum atomic E-state index is -1.51. The number of piperidine rings is 1. The number of fused-ring (bicyclic) bond motifs is 1. The molecule has 0 spiro atoms. The van der Waals surface area contributed by atoms with Crippen molar-refractivity contribution >= 4 is 34.6 Å². The van der Waals surface area contributed by atoms with Gasteiger partial charge in [0.2, 0.25) is 5.25 Å². The summed E-state index contributed by atoms with van der Waals surface area (Å²) in [5, 5.41) is 14.7. The van der Waals surface area contributed by atoms with Crippen LogP contribution in [0.25, 0.3) is 0 Å². The van der Waals surface area contributed by atoms with Crippen molar-refractivity contribution in [3.05, 3.63) is 33.9 Å². The van der Waals surface area contributed by atoms with Crippen LogP contribution in [0.15, 0.2) is 18.2 Å². The number of benzene rings is 1. The Labute approximate surface area is 180 Å². The molecule has 3 heterocycles. The molecular formula is C19H28Cl2N6O2. The number of halogens is 2. The number of nitrogens with zero attached hydrogens (tertiary/aromatic N) is 3. The molecule has 1 aromatic rings. The third-order valence-corrected chi connectivity index (χ3v) is 7.08. The second-order valence-corrected chi connectivity index (χ2v) is 9.48. The van der Waals surface area contributed by atoms with Gasteiger partial charge < -0.3 is 10.2 Å². The molecule has 4 N–H and O–H groups in total. The van der Waals surface area contributed by atoms with E-state index in [1.807, 2.05) is 0 Å². The van der Waals surface area contributed by atoms with E-state index in [9.17, 15) is 10.1 Å². The number of nitro benzene ring substituents is 1. The maximum absolute atomic E-state index is 11.1. The van der Waals surface area contributed by atoms with Crippen molar-refractivity contribution in [1.29, 1.82) is 0 Å². The molecule has 1 aromatic carbocycles. The van der Waals surface area contributed by atoms with E-state index in [0.29, 0.717) is 17.2 Å². The number of alkyl halides is 2. The van der Waals surface area contributed by atoms with Gasteiger partial charge in [-0.1, -0.05) is 23.2 Å². The molecule has 0 aromatic heterocycles. The van der Waals surface area contributed by atoms with Crippen molar-refractivity contribution < 1.29 is 4.92 Å². The third kappa shape index (κ3) is 4.47. The molecule has 3 aliphatic rings. The van der Waals surface area contributed by atoms with Gasteiger partial charge in [-0.25, -0.2) is 5.32 Å². The minimum Gasteiger partial charge on any atom is -0.341 e. The molecule has 0 saturated carbocycles. The van der Waals surface area contributed by atoms with Crippen LogP contribution in [0.5, 0.6) is 0 Å². The number of hydrogen-bond acceptors (Lipinski definition) is 7. The van der Waals surface area contributed by atoms with E-state index in [0.717, 1.165) is 25.9 Å². The number of non-ortho nitro benzene ring substituents is 1. The van der Waals surface area contributed by atoms with Crippen molar-refractivity contribution in [3.63, 3.8) is 0 Å². The van der Waals surface area contributed by atoms with Crippen molar-refractivity contribution in [2.45, 2.75) is 42.5 Å². The Balaban J connectivity index is 1.40. The van der Waals surface area contributed by atoms with Gasteiger partial charge in [0.15, 0.2) is 5.12 Å². The second kappa shape index (κ2) is 8.17. The van der Waals surface area contributed by atoms with Gasteiger partial charge in [-0.05, 0) is 63.7 Å². The lowest BCUT2D eigenvalue weighted by Crippen LogP contribution is -2.70. The van der Waals surface area contributed by atoms with Crippen LogP contribution in [-0.4, -0.2) is 52.7 Å². The monoisotopic (exact) mass is 442 g/mol. The minimum absolute atomic E-state index is 0.0660. The van der Waals surface area contributed by atoms with Crippen LogP contribution in [0.2, 0.25) is 0 Å². The van der Waals surface area contributed by atoms with Gasteiger partial charge in [0.25, 0.3) is 5.69 Å². The number of hydrogen-bond donors (Lipinski definition) is 3. The molecule has 2 fully saturated rings. The quantitative estimate of drug-likeness (QED) is 0.279. The van der Waals surface area contributed by atoms with Crippen LogP contribution < -0.4 is 16.4 Å². The van der Waals surface area contributed by atoms with Gasteiger partial charge >= 0.3 is 0 Å². The van der Waals surface area contributed by atoms with E-state index >= 15 is 0 Å². The molecule has 2 atom stereocenters. The van der Waals surface area contributed by atoms with Crippen LogP contribution in [-0.2, 0) is 5.12 Å². The zero-order valence-electron chi connectivity index (χ0n) is 16.4. The standard InChI is InChI=1S/C19H28Cl2N6O2/c20-18(22)16-13-15(27(28)29)3-4-17(16)23-19(21,24-18)26-11-6-14(7-12-26)5-10-25-8-1-2-9-25/h3-4,13-14,23-24H,1-2,5-12,22H2. The van der Waals surface area contributed by atoms with E-state index in [1.54, 1.807) is 6.07 Å². The number of nitrogens with one attached hydrogen (secondary N) is 2. The van der Waals surface area contributed by atoms with E-state index in [4.69, 9.17) is 28.9 Å². The summed E-state index contributed by atoms with van der Waals surface area (Å²) in [7, 11) is 0. The molecule has 0 amide bonds. The van der Waals surface area contributed by atoms with Crippen LogP contribution in [0.4, 0.5) is 11.4 Å². The maximum Gasteiger partial charge on any atom is 0.270 e. The summed E-state index contributed by atoms with van der Waals surface area (Å²) in [6, 6.07) is 4.41. The molecule has 29 heavy (non-hydrogen) atoms. The first-order chi connectivity index (χ1) is 13.8. The van der Waals surface area contributed by atoms with Gasteiger partial charge in [-0.2, -0.15) is 0 Å². The second-order valence-electron chi connectivity index (χ2n) is 8.34. The highest BCUT2D eigenvalue weighted by molar-refractivity contribution is 6.28. The van der Waals surface area contributed by atoms with E-state index in [1.165, 1.54) is 51.0 Å². The molecular weight excluding hydrogens is 415 g/mol. The molecule has 0 bridgehead atoms. The summed E-state index contributed by atoms with van der Waals surface area (Å²) in [4.78, 5) is 15.3. The topological polar surface area (TPSA) is 99.7 Å². The molecule has 4 rings (SSSR count). The third-order valence-electron chi connectivity index (χ3n) is 6.36. The fourth-order valence-electron chi connectivity index (χ4n) is 4.63. The van der Waals surface area contributed by atoms with Crippen LogP contribution >= 0.6 is 23.2 Å². The molecule has 3 aliphatic heterocycles. The lowest BCUT2D eigenvalue weighted by Gasteiger charge is -2.50. The lowest BCUT2D eigenvalue weighted by atomic mass is 9.93. The smallest absolute Gasteiger partial charge is 0.270 e.